The van der Waals surface area contributed by atoms with Crippen LogP contribution in [-0.2, 0) is 22.7 Å². The molecule has 3 rings (SSSR count). The number of alkyl carbamates (subject to hydrolysis) is 1. The van der Waals surface area contributed by atoms with Gasteiger partial charge in [0.2, 0.25) is 5.91 Å². The molecule has 3 N–H and O–H groups in total. The zero-order valence-corrected chi connectivity index (χ0v) is 17.4. The van der Waals surface area contributed by atoms with E-state index in [2.05, 4.69) is 22.5 Å². The van der Waals surface area contributed by atoms with Gasteiger partial charge in [0.1, 0.15) is 6.61 Å². The van der Waals surface area contributed by atoms with Crippen molar-refractivity contribution >= 4 is 40.6 Å². The third kappa shape index (κ3) is 6.83. The average molecular weight is 436 g/mol. The number of carbonyl (C=O) groups is 3. The van der Waals surface area contributed by atoms with Crippen molar-refractivity contribution < 1.29 is 19.1 Å². The van der Waals surface area contributed by atoms with Crippen LogP contribution in [0.15, 0.2) is 78.7 Å². The highest BCUT2D eigenvalue weighted by atomic mass is 32.1. The molecule has 2 aromatic carbocycles. The zero-order chi connectivity index (χ0) is 22.1. The second-order valence-electron chi connectivity index (χ2n) is 6.43. The third-order valence-corrected chi connectivity index (χ3v) is 5.00. The van der Waals surface area contributed by atoms with Gasteiger partial charge < -0.3 is 20.7 Å². The number of thiophene rings is 1. The standard InChI is InChI=1S/C23H21N3O4S/c1-2-21(27)25-18-5-3-6-19(13-18)26-22(28)17-10-8-16(9-11-17)14-24-23(29)30-15-20-7-4-12-31-20/h2-13H,1,14-15H2,(H,24,29)(H,25,27)(H,26,28). The molecule has 158 valence electrons. The molecule has 0 aliphatic rings. The van der Waals surface area contributed by atoms with E-state index in [1.165, 1.54) is 17.4 Å². The van der Waals surface area contributed by atoms with Gasteiger partial charge in [0.05, 0.1) is 0 Å². The summed E-state index contributed by atoms with van der Waals surface area (Å²) in [6, 6.07) is 17.5. The average Bonchev–Trinajstić information content (AvgIpc) is 3.30. The highest BCUT2D eigenvalue weighted by Gasteiger charge is 2.08. The van der Waals surface area contributed by atoms with Gasteiger partial charge in [-0.1, -0.05) is 30.8 Å². The van der Waals surface area contributed by atoms with Gasteiger partial charge in [-0.3, -0.25) is 9.59 Å². The van der Waals surface area contributed by atoms with Crippen molar-refractivity contribution in [3.63, 3.8) is 0 Å². The minimum absolute atomic E-state index is 0.237. The number of hydrogen-bond donors (Lipinski definition) is 3. The summed E-state index contributed by atoms with van der Waals surface area (Å²) in [5.41, 5.74) is 2.39. The summed E-state index contributed by atoms with van der Waals surface area (Å²) in [4.78, 5) is 36.6. The Kier molecular flexibility index (Phi) is 7.56. The van der Waals surface area contributed by atoms with E-state index >= 15 is 0 Å². The fourth-order valence-corrected chi connectivity index (χ4v) is 3.22. The summed E-state index contributed by atoms with van der Waals surface area (Å²) < 4.78 is 5.14. The van der Waals surface area contributed by atoms with Crippen LogP contribution < -0.4 is 16.0 Å². The van der Waals surface area contributed by atoms with Crippen LogP contribution in [-0.4, -0.2) is 17.9 Å². The van der Waals surface area contributed by atoms with Crippen LogP contribution >= 0.6 is 11.3 Å². The van der Waals surface area contributed by atoms with E-state index in [-0.39, 0.29) is 25.0 Å². The van der Waals surface area contributed by atoms with Crippen molar-refractivity contribution in [2.24, 2.45) is 0 Å². The Morgan fingerprint density at radius 2 is 1.71 bits per heavy atom. The molecule has 0 atom stereocenters. The number of nitrogens with one attached hydrogen (secondary N) is 3. The number of rotatable bonds is 8. The quantitative estimate of drug-likeness (QED) is 0.452. The Balaban J connectivity index is 1.49. The molecule has 8 heteroatoms. The van der Waals surface area contributed by atoms with Gasteiger partial charge in [-0.15, -0.1) is 11.3 Å². The highest BCUT2D eigenvalue weighted by molar-refractivity contribution is 7.09. The summed E-state index contributed by atoms with van der Waals surface area (Å²) in [5.74, 6) is -0.620. The highest BCUT2D eigenvalue weighted by Crippen LogP contribution is 2.16. The van der Waals surface area contributed by atoms with Crippen LogP contribution in [0.25, 0.3) is 0 Å². The maximum absolute atomic E-state index is 12.5. The third-order valence-electron chi connectivity index (χ3n) is 4.15. The van der Waals surface area contributed by atoms with E-state index in [1.807, 2.05) is 17.5 Å². The number of amides is 3. The molecule has 3 aromatic rings. The van der Waals surface area contributed by atoms with E-state index in [4.69, 9.17) is 4.74 Å². The molecule has 0 aliphatic heterocycles. The monoisotopic (exact) mass is 435 g/mol. The molecule has 0 spiro atoms. The van der Waals surface area contributed by atoms with Crippen LogP contribution in [0.4, 0.5) is 16.2 Å². The van der Waals surface area contributed by atoms with E-state index < -0.39 is 6.09 Å². The Labute approximate surface area is 183 Å². The van der Waals surface area contributed by atoms with Crippen molar-refractivity contribution in [1.82, 2.24) is 5.32 Å². The van der Waals surface area contributed by atoms with Crippen molar-refractivity contribution in [1.29, 1.82) is 0 Å². The maximum atomic E-state index is 12.5. The maximum Gasteiger partial charge on any atom is 0.407 e. The first kappa shape index (κ1) is 21.8. The predicted molar refractivity (Wildman–Crippen MR) is 121 cm³/mol. The molecular formula is C23H21N3O4S. The van der Waals surface area contributed by atoms with Gasteiger partial charge in [-0.05, 0) is 53.4 Å². The van der Waals surface area contributed by atoms with Gasteiger partial charge in [-0.2, -0.15) is 0 Å². The van der Waals surface area contributed by atoms with Crippen LogP contribution in [0.3, 0.4) is 0 Å². The smallest absolute Gasteiger partial charge is 0.407 e. The van der Waals surface area contributed by atoms with Gasteiger partial charge in [-0.25, -0.2) is 4.79 Å². The number of carbonyl (C=O) groups excluding carboxylic acids is 3. The minimum Gasteiger partial charge on any atom is -0.444 e. The van der Waals surface area contributed by atoms with Crippen LogP contribution in [0.1, 0.15) is 20.8 Å². The fourth-order valence-electron chi connectivity index (χ4n) is 2.60. The van der Waals surface area contributed by atoms with Gasteiger partial charge >= 0.3 is 6.09 Å². The summed E-state index contributed by atoms with van der Waals surface area (Å²) in [6.45, 7) is 3.93. The number of ether oxygens (including phenoxy) is 1. The van der Waals surface area contributed by atoms with Crippen molar-refractivity contribution in [2.45, 2.75) is 13.2 Å². The lowest BCUT2D eigenvalue weighted by Crippen LogP contribution is -2.23. The molecular weight excluding hydrogens is 414 g/mol. The predicted octanol–water partition coefficient (Wildman–Crippen LogP) is 4.55. The molecule has 0 saturated heterocycles. The first-order valence-electron chi connectivity index (χ1n) is 9.40. The SMILES string of the molecule is C=CC(=O)Nc1cccc(NC(=O)c2ccc(CNC(=O)OCc3cccs3)cc2)c1. The lowest BCUT2D eigenvalue weighted by Gasteiger charge is -2.09. The van der Waals surface area contributed by atoms with Crippen LogP contribution in [0, 0.1) is 0 Å². The zero-order valence-electron chi connectivity index (χ0n) is 16.6. The van der Waals surface area contributed by atoms with E-state index in [1.54, 1.807) is 48.5 Å². The Morgan fingerprint density at radius 1 is 0.968 bits per heavy atom. The van der Waals surface area contributed by atoms with Crippen LogP contribution in [0.5, 0.6) is 0 Å². The van der Waals surface area contributed by atoms with E-state index in [0.29, 0.717) is 16.9 Å². The molecule has 3 amide bonds. The summed E-state index contributed by atoms with van der Waals surface area (Å²) in [6.07, 6.45) is 0.670. The number of anilines is 2. The second-order valence-corrected chi connectivity index (χ2v) is 7.47. The van der Waals surface area contributed by atoms with Crippen molar-refractivity contribution in [3.8, 4) is 0 Å². The lowest BCUT2D eigenvalue weighted by molar-refractivity contribution is -0.111. The first-order chi connectivity index (χ1) is 15.0. The minimum atomic E-state index is -0.501. The largest absolute Gasteiger partial charge is 0.444 e. The molecule has 31 heavy (non-hydrogen) atoms. The topological polar surface area (TPSA) is 96.5 Å². The van der Waals surface area contributed by atoms with Crippen molar-refractivity contribution in [2.75, 3.05) is 10.6 Å². The Morgan fingerprint density at radius 3 is 2.39 bits per heavy atom. The molecule has 0 radical (unpaired) electrons. The number of benzene rings is 2. The molecule has 0 unspecified atom stereocenters. The molecule has 0 fully saturated rings. The van der Waals surface area contributed by atoms with Gasteiger partial charge in [0, 0.05) is 28.4 Å². The summed E-state index contributed by atoms with van der Waals surface area (Å²) in [5, 5.41) is 10.0. The van der Waals surface area contributed by atoms with Gasteiger partial charge in [0.15, 0.2) is 0 Å². The fraction of sp³-hybridized carbons (Fsp3) is 0.0870. The Hall–Kier alpha value is -3.91. The van der Waals surface area contributed by atoms with Crippen molar-refractivity contribution in [3.05, 3.63) is 94.7 Å². The van der Waals surface area contributed by atoms with Gasteiger partial charge in [0.25, 0.3) is 5.91 Å². The molecule has 0 saturated carbocycles. The van der Waals surface area contributed by atoms with E-state index in [9.17, 15) is 14.4 Å². The van der Waals surface area contributed by atoms with E-state index in [0.717, 1.165) is 10.4 Å². The lowest BCUT2D eigenvalue weighted by atomic mass is 10.1. The summed E-state index contributed by atoms with van der Waals surface area (Å²) >= 11 is 1.52. The second kappa shape index (κ2) is 10.7. The molecule has 7 nitrogen and oxygen atoms in total. The molecule has 0 aliphatic carbocycles. The molecule has 0 bridgehead atoms. The van der Waals surface area contributed by atoms with Crippen LogP contribution in [0.2, 0.25) is 0 Å². The summed E-state index contributed by atoms with van der Waals surface area (Å²) in [7, 11) is 0. The Bertz CT molecular complexity index is 1060. The first-order valence-corrected chi connectivity index (χ1v) is 10.3. The number of hydrogen-bond acceptors (Lipinski definition) is 5. The normalized spacial score (nSPS) is 10.1. The molecule has 1 aromatic heterocycles. The molecule has 1 heterocycles.